The molecule has 0 spiro atoms. The zero-order chi connectivity index (χ0) is 14.8. The maximum atomic E-state index is 6.46. The van der Waals surface area contributed by atoms with Gasteiger partial charge in [-0.1, -0.05) is 20.8 Å². The Morgan fingerprint density at radius 3 is 2.35 bits per heavy atom. The highest BCUT2D eigenvalue weighted by Crippen LogP contribution is 2.47. The topological polar surface area (TPSA) is 30.5 Å². The van der Waals surface area contributed by atoms with Crippen molar-refractivity contribution in [3.63, 3.8) is 0 Å². The van der Waals surface area contributed by atoms with Gasteiger partial charge in [0, 0.05) is 11.5 Å². The van der Waals surface area contributed by atoms with Gasteiger partial charge in [-0.25, -0.2) is 0 Å². The molecular formula is C17H33NO2. The Balaban J connectivity index is 1.87. The molecule has 0 aromatic heterocycles. The molecule has 1 saturated heterocycles. The summed E-state index contributed by atoms with van der Waals surface area (Å²) in [5, 5.41) is 3.69. The second-order valence-electron chi connectivity index (χ2n) is 7.08. The molecule has 1 saturated carbocycles. The van der Waals surface area contributed by atoms with Gasteiger partial charge in [-0.15, -0.1) is 0 Å². The van der Waals surface area contributed by atoms with E-state index in [1.807, 2.05) is 0 Å². The molecule has 5 atom stereocenters. The van der Waals surface area contributed by atoms with E-state index in [9.17, 15) is 0 Å². The van der Waals surface area contributed by atoms with Crippen molar-refractivity contribution < 1.29 is 9.47 Å². The average molecular weight is 283 g/mol. The molecule has 1 aliphatic carbocycles. The van der Waals surface area contributed by atoms with Crippen molar-refractivity contribution in [2.75, 3.05) is 6.54 Å². The first-order valence-corrected chi connectivity index (χ1v) is 8.53. The lowest BCUT2D eigenvalue weighted by molar-refractivity contribution is -0.189. The molecule has 1 aliphatic heterocycles. The number of nitrogens with one attached hydrogen (secondary N) is 1. The molecule has 20 heavy (non-hydrogen) atoms. The summed E-state index contributed by atoms with van der Waals surface area (Å²) in [6, 6.07) is 0.632. The van der Waals surface area contributed by atoms with Crippen molar-refractivity contribution in [2.24, 2.45) is 5.41 Å². The summed E-state index contributed by atoms with van der Waals surface area (Å²) in [7, 11) is 0. The van der Waals surface area contributed by atoms with Crippen molar-refractivity contribution in [3.05, 3.63) is 0 Å². The highest BCUT2D eigenvalue weighted by atomic mass is 16.5. The number of rotatable bonds is 6. The van der Waals surface area contributed by atoms with Crippen LogP contribution in [0.4, 0.5) is 0 Å². The zero-order valence-electron chi connectivity index (χ0n) is 13.9. The standard InChI is InChI=1S/C17H33NO2/c1-6-8-18-15-11-16(17(15,5)7-2)20-14-9-12(3)19-13(4)10-14/h12-16,18H,6-11H2,1-5H3. The Bertz CT molecular complexity index is 299. The van der Waals surface area contributed by atoms with Crippen molar-refractivity contribution >= 4 is 0 Å². The molecule has 3 heteroatoms. The highest BCUT2D eigenvalue weighted by molar-refractivity contribution is 5.05. The molecule has 0 amide bonds. The quantitative estimate of drug-likeness (QED) is 0.809. The van der Waals surface area contributed by atoms with Gasteiger partial charge in [-0.3, -0.25) is 0 Å². The van der Waals surface area contributed by atoms with Gasteiger partial charge in [-0.2, -0.15) is 0 Å². The summed E-state index contributed by atoms with van der Waals surface area (Å²) >= 11 is 0. The first-order valence-electron chi connectivity index (χ1n) is 8.53. The summed E-state index contributed by atoms with van der Waals surface area (Å²) in [4.78, 5) is 0. The Morgan fingerprint density at radius 2 is 1.80 bits per heavy atom. The van der Waals surface area contributed by atoms with Crippen LogP contribution in [0.1, 0.15) is 66.7 Å². The Morgan fingerprint density at radius 1 is 1.15 bits per heavy atom. The van der Waals surface area contributed by atoms with Gasteiger partial charge >= 0.3 is 0 Å². The third kappa shape index (κ3) is 3.37. The fourth-order valence-electron chi connectivity index (χ4n) is 3.82. The van der Waals surface area contributed by atoms with E-state index in [1.165, 1.54) is 19.3 Å². The van der Waals surface area contributed by atoms with Crippen molar-refractivity contribution in [2.45, 2.75) is 97.2 Å². The van der Waals surface area contributed by atoms with E-state index in [4.69, 9.17) is 9.47 Å². The van der Waals surface area contributed by atoms with Crippen LogP contribution in [0.5, 0.6) is 0 Å². The largest absolute Gasteiger partial charge is 0.375 e. The van der Waals surface area contributed by atoms with E-state index in [-0.39, 0.29) is 0 Å². The van der Waals surface area contributed by atoms with Crippen LogP contribution < -0.4 is 5.32 Å². The van der Waals surface area contributed by atoms with Crippen LogP contribution in [0, 0.1) is 5.41 Å². The summed E-state index contributed by atoms with van der Waals surface area (Å²) in [5.74, 6) is 0. The van der Waals surface area contributed by atoms with Gasteiger partial charge in [-0.05, 0) is 52.5 Å². The predicted octanol–water partition coefficient (Wildman–Crippen LogP) is 3.52. The molecule has 1 heterocycles. The van der Waals surface area contributed by atoms with E-state index in [0.29, 0.717) is 35.9 Å². The van der Waals surface area contributed by atoms with Gasteiger partial charge in [0.2, 0.25) is 0 Å². The minimum Gasteiger partial charge on any atom is -0.375 e. The molecule has 0 aromatic carbocycles. The van der Waals surface area contributed by atoms with E-state index in [1.54, 1.807) is 0 Å². The fourth-order valence-corrected chi connectivity index (χ4v) is 3.82. The van der Waals surface area contributed by atoms with Gasteiger partial charge in [0.1, 0.15) is 0 Å². The van der Waals surface area contributed by atoms with Crippen LogP contribution in [0.25, 0.3) is 0 Å². The molecule has 0 radical (unpaired) electrons. The summed E-state index contributed by atoms with van der Waals surface area (Å²) < 4.78 is 12.3. The van der Waals surface area contributed by atoms with Crippen LogP contribution >= 0.6 is 0 Å². The lowest BCUT2D eigenvalue weighted by Crippen LogP contribution is -2.63. The zero-order valence-corrected chi connectivity index (χ0v) is 13.9. The lowest BCUT2D eigenvalue weighted by Gasteiger charge is -2.55. The molecular weight excluding hydrogens is 250 g/mol. The molecule has 0 aromatic rings. The normalized spacial score (nSPS) is 45.1. The third-order valence-electron chi connectivity index (χ3n) is 5.39. The van der Waals surface area contributed by atoms with Gasteiger partial charge in [0.25, 0.3) is 0 Å². The minimum atomic E-state index is 0.306. The lowest BCUT2D eigenvalue weighted by atomic mass is 9.61. The first-order chi connectivity index (χ1) is 9.49. The average Bonchev–Trinajstić information content (AvgIpc) is 2.40. The number of ether oxygens (including phenoxy) is 2. The molecule has 2 rings (SSSR count). The summed E-state index contributed by atoms with van der Waals surface area (Å²) in [5.41, 5.74) is 0.306. The second-order valence-corrected chi connectivity index (χ2v) is 7.08. The monoisotopic (exact) mass is 283 g/mol. The minimum absolute atomic E-state index is 0.306. The van der Waals surface area contributed by atoms with Crippen molar-refractivity contribution in [3.8, 4) is 0 Å². The smallest absolute Gasteiger partial charge is 0.0662 e. The molecule has 5 unspecified atom stereocenters. The second kappa shape index (κ2) is 6.76. The van der Waals surface area contributed by atoms with E-state index in [2.05, 4.69) is 39.9 Å². The van der Waals surface area contributed by atoms with Gasteiger partial charge < -0.3 is 14.8 Å². The first kappa shape index (κ1) is 16.3. The van der Waals surface area contributed by atoms with E-state index >= 15 is 0 Å². The molecule has 1 N–H and O–H groups in total. The SMILES string of the molecule is CCCNC1CC(OC2CC(C)OC(C)C2)C1(C)CC. The molecule has 2 aliphatic rings. The van der Waals surface area contributed by atoms with Gasteiger partial charge in [0.05, 0.1) is 24.4 Å². The molecule has 3 nitrogen and oxygen atoms in total. The van der Waals surface area contributed by atoms with E-state index < -0.39 is 0 Å². The van der Waals surface area contributed by atoms with Gasteiger partial charge in [0.15, 0.2) is 0 Å². The fraction of sp³-hybridized carbons (Fsp3) is 1.00. The molecule has 0 bridgehead atoms. The van der Waals surface area contributed by atoms with Crippen molar-refractivity contribution in [1.29, 1.82) is 0 Å². The third-order valence-corrected chi connectivity index (χ3v) is 5.39. The van der Waals surface area contributed by atoms with Crippen LogP contribution in [-0.2, 0) is 9.47 Å². The maximum absolute atomic E-state index is 6.46. The molecule has 118 valence electrons. The van der Waals surface area contributed by atoms with Crippen LogP contribution in [0.15, 0.2) is 0 Å². The Labute approximate surface area is 124 Å². The van der Waals surface area contributed by atoms with Crippen molar-refractivity contribution in [1.82, 2.24) is 5.32 Å². The maximum Gasteiger partial charge on any atom is 0.0662 e. The van der Waals surface area contributed by atoms with E-state index in [0.717, 1.165) is 19.4 Å². The number of hydrogen-bond donors (Lipinski definition) is 1. The van der Waals surface area contributed by atoms with Crippen LogP contribution in [-0.4, -0.2) is 37.0 Å². The molecule has 2 fully saturated rings. The number of hydrogen-bond acceptors (Lipinski definition) is 3. The summed E-state index contributed by atoms with van der Waals surface area (Å²) in [6.45, 7) is 12.4. The van der Waals surface area contributed by atoms with Crippen LogP contribution in [0.2, 0.25) is 0 Å². The Hall–Kier alpha value is -0.120. The summed E-state index contributed by atoms with van der Waals surface area (Å²) in [6.07, 6.45) is 7.15. The van der Waals surface area contributed by atoms with Crippen LogP contribution in [0.3, 0.4) is 0 Å². The predicted molar refractivity (Wildman–Crippen MR) is 83.0 cm³/mol. The Kier molecular flexibility index (Phi) is 5.49. The highest BCUT2D eigenvalue weighted by Gasteiger charge is 2.51.